The molecule has 1 rings (SSSR count). The standard InChI is InChI=1S/C12H18ClNO5S/c1-9(2)8-18-4-5-19-12(15)11-6-10(7-14(11)3)20(13,16)17/h6-7,9H,4-5,8H2,1-3H3. The Bertz CT molecular complexity index is 564. The van der Waals surface area contributed by atoms with E-state index in [1.807, 2.05) is 13.8 Å². The Hall–Kier alpha value is -1.05. The summed E-state index contributed by atoms with van der Waals surface area (Å²) in [6.45, 7) is 5.04. The van der Waals surface area contributed by atoms with Crippen LogP contribution in [0.3, 0.4) is 0 Å². The van der Waals surface area contributed by atoms with Gasteiger partial charge in [-0.3, -0.25) is 0 Å². The van der Waals surface area contributed by atoms with Gasteiger partial charge in [0.05, 0.1) is 6.61 Å². The zero-order valence-electron chi connectivity index (χ0n) is 11.6. The summed E-state index contributed by atoms with van der Waals surface area (Å²) >= 11 is 0. The van der Waals surface area contributed by atoms with Crippen molar-refractivity contribution in [3.05, 3.63) is 18.0 Å². The van der Waals surface area contributed by atoms with Crippen LogP contribution in [0.4, 0.5) is 0 Å². The van der Waals surface area contributed by atoms with Gasteiger partial charge < -0.3 is 14.0 Å². The lowest BCUT2D eigenvalue weighted by Gasteiger charge is -2.08. The van der Waals surface area contributed by atoms with Gasteiger partial charge in [-0.1, -0.05) is 13.8 Å². The Kier molecular flexibility index (Phi) is 6.04. The van der Waals surface area contributed by atoms with Crippen molar-refractivity contribution >= 4 is 25.7 Å². The number of aryl methyl sites for hydroxylation is 1. The fourth-order valence-electron chi connectivity index (χ4n) is 1.46. The lowest BCUT2D eigenvalue weighted by Crippen LogP contribution is -2.14. The third kappa shape index (κ3) is 5.15. The summed E-state index contributed by atoms with van der Waals surface area (Å²) in [7, 11) is 2.89. The molecule has 1 heterocycles. The number of esters is 1. The first-order valence-electron chi connectivity index (χ1n) is 6.07. The summed E-state index contributed by atoms with van der Waals surface area (Å²) < 4.78 is 33.9. The van der Waals surface area contributed by atoms with Gasteiger partial charge >= 0.3 is 5.97 Å². The smallest absolute Gasteiger partial charge is 0.355 e. The van der Waals surface area contributed by atoms with Crippen LogP contribution in [-0.2, 0) is 25.6 Å². The second kappa shape index (κ2) is 7.10. The molecule has 0 saturated carbocycles. The summed E-state index contributed by atoms with van der Waals surface area (Å²) in [5, 5.41) is 0. The van der Waals surface area contributed by atoms with Gasteiger partial charge in [-0.2, -0.15) is 0 Å². The molecule has 0 fully saturated rings. The van der Waals surface area contributed by atoms with Crippen molar-refractivity contribution in [1.29, 1.82) is 0 Å². The number of nitrogens with zero attached hydrogens (tertiary/aromatic N) is 1. The Morgan fingerprint density at radius 1 is 1.40 bits per heavy atom. The van der Waals surface area contributed by atoms with Crippen LogP contribution in [-0.4, -0.2) is 38.8 Å². The molecule has 20 heavy (non-hydrogen) atoms. The molecule has 1 aromatic heterocycles. The monoisotopic (exact) mass is 323 g/mol. The molecule has 0 N–H and O–H groups in total. The van der Waals surface area contributed by atoms with Crippen LogP contribution in [0, 0.1) is 5.92 Å². The highest BCUT2D eigenvalue weighted by molar-refractivity contribution is 8.13. The van der Waals surface area contributed by atoms with Gasteiger partial charge in [0.1, 0.15) is 17.2 Å². The number of aromatic nitrogens is 1. The highest BCUT2D eigenvalue weighted by Crippen LogP contribution is 2.18. The zero-order valence-corrected chi connectivity index (χ0v) is 13.2. The Balaban J connectivity index is 2.54. The summed E-state index contributed by atoms with van der Waals surface area (Å²) in [6, 6.07) is 1.18. The predicted molar refractivity (Wildman–Crippen MR) is 74.4 cm³/mol. The third-order valence-electron chi connectivity index (χ3n) is 2.38. The molecule has 0 aliphatic carbocycles. The van der Waals surface area contributed by atoms with E-state index in [1.54, 1.807) is 0 Å². The van der Waals surface area contributed by atoms with Gasteiger partial charge in [0.2, 0.25) is 0 Å². The average molecular weight is 324 g/mol. The lowest BCUT2D eigenvalue weighted by molar-refractivity contribution is 0.0269. The maximum atomic E-state index is 11.8. The summed E-state index contributed by atoms with van der Waals surface area (Å²) in [5.74, 6) is -0.206. The molecule has 0 bridgehead atoms. The largest absolute Gasteiger partial charge is 0.459 e. The zero-order chi connectivity index (χ0) is 15.3. The van der Waals surface area contributed by atoms with E-state index in [1.165, 1.54) is 23.9 Å². The van der Waals surface area contributed by atoms with Gasteiger partial charge in [-0.25, -0.2) is 13.2 Å². The minimum atomic E-state index is -3.86. The van der Waals surface area contributed by atoms with Crippen molar-refractivity contribution < 1.29 is 22.7 Å². The fourth-order valence-corrected chi connectivity index (χ4v) is 2.25. The van der Waals surface area contributed by atoms with E-state index in [-0.39, 0.29) is 17.2 Å². The average Bonchev–Trinajstić information content (AvgIpc) is 2.70. The molecule has 0 aliphatic heterocycles. The normalized spacial score (nSPS) is 11.8. The van der Waals surface area contributed by atoms with Crippen molar-refractivity contribution in [3.8, 4) is 0 Å². The highest BCUT2D eigenvalue weighted by atomic mass is 35.7. The van der Waals surface area contributed by atoms with Crippen LogP contribution in [0.1, 0.15) is 24.3 Å². The van der Waals surface area contributed by atoms with Gasteiger partial charge in [-0.05, 0) is 12.0 Å². The van der Waals surface area contributed by atoms with Crippen LogP contribution in [0.15, 0.2) is 17.2 Å². The molecule has 0 spiro atoms. The number of carbonyl (C=O) groups is 1. The van der Waals surface area contributed by atoms with E-state index < -0.39 is 15.0 Å². The van der Waals surface area contributed by atoms with Gasteiger partial charge in [0, 0.05) is 30.5 Å². The molecule has 114 valence electrons. The van der Waals surface area contributed by atoms with Crippen LogP contribution < -0.4 is 0 Å². The number of carbonyl (C=O) groups excluding carboxylic acids is 1. The molecule has 0 aromatic carbocycles. The molecule has 0 saturated heterocycles. The number of halogens is 1. The summed E-state index contributed by atoms with van der Waals surface area (Å²) in [4.78, 5) is 11.6. The Morgan fingerprint density at radius 2 is 2.05 bits per heavy atom. The molecule has 8 heteroatoms. The van der Waals surface area contributed by atoms with Crippen molar-refractivity contribution in [2.75, 3.05) is 19.8 Å². The van der Waals surface area contributed by atoms with E-state index in [0.29, 0.717) is 19.1 Å². The molecule has 0 unspecified atom stereocenters. The van der Waals surface area contributed by atoms with E-state index in [4.69, 9.17) is 20.2 Å². The van der Waals surface area contributed by atoms with Crippen LogP contribution in [0.2, 0.25) is 0 Å². The van der Waals surface area contributed by atoms with Crippen molar-refractivity contribution in [1.82, 2.24) is 4.57 Å². The quantitative estimate of drug-likeness (QED) is 0.434. The van der Waals surface area contributed by atoms with Crippen LogP contribution in [0.25, 0.3) is 0 Å². The maximum Gasteiger partial charge on any atom is 0.355 e. The van der Waals surface area contributed by atoms with E-state index in [2.05, 4.69) is 0 Å². The highest BCUT2D eigenvalue weighted by Gasteiger charge is 2.19. The first-order valence-corrected chi connectivity index (χ1v) is 8.38. The summed E-state index contributed by atoms with van der Waals surface area (Å²) in [5.41, 5.74) is 0.119. The van der Waals surface area contributed by atoms with E-state index >= 15 is 0 Å². The van der Waals surface area contributed by atoms with Crippen molar-refractivity contribution in [2.24, 2.45) is 13.0 Å². The number of hydrogen-bond acceptors (Lipinski definition) is 5. The van der Waals surface area contributed by atoms with E-state index in [9.17, 15) is 13.2 Å². The molecular formula is C12H18ClNO5S. The minimum absolute atomic E-state index is 0.111. The van der Waals surface area contributed by atoms with Crippen LogP contribution in [0.5, 0.6) is 0 Å². The van der Waals surface area contributed by atoms with Crippen LogP contribution >= 0.6 is 10.7 Å². The molecule has 1 aromatic rings. The summed E-state index contributed by atoms with van der Waals surface area (Å²) in [6.07, 6.45) is 1.26. The number of ether oxygens (including phenoxy) is 2. The molecule has 0 amide bonds. The lowest BCUT2D eigenvalue weighted by atomic mass is 10.2. The van der Waals surface area contributed by atoms with Crippen molar-refractivity contribution in [3.63, 3.8) is 0 Å². The molecule has 0 aliphatic rings. The minimum Gasteiger partial charge on any atom is -0.459 e. The SMILES string of the molecule is CC(C)COCCOC(=O)c1cc(S(=O)(=O)Cl)cn1C. The Morgan fingerprint density at radius 3 is 2.55 bits per heavy atom. The molecular weight excluding hydrogens is 306 g/mol. The third-order valence-corrected chi connectivity index (χ3v) is 3.70. The topological polar surface area (TPSA) is 74.6 Å². The first kappa shape index (κ1) is 17.0. The number of hydrogen-bond donors (Lipinski definition) is 0. The van der Waals surface area contributed by atoms with Gasteiger partial charge in [-0.15, -0.1) is 0 Å². The number of rotatable bonds is 7. The second-order valence-corrected chi connectivity index (χ2v) is 7.28. The molecule has 0 radical (unpaired) electrons. The molecule has 0 atom stereocenters. The predicted octanol–water partition coefficient (Wildman–Crippen LogP) is 1.78. The first-order chi connectivity index (χ1) is 9.21. The fraction of sp³-hybridized carbons (Fsp3) is 0.583. The Labute approximate surface area is 123 Å². The molecule has 6 nitrogen and oxygen atoms in total. The van der Waals surface area contributed by atoms with Gasteiger partial charge in [0.15, 0.2) is 0 Å². The van der Waals surface area contributed by atoms with E-state index in [0.717, 1.165) is 0 Å². The maximum absolute atomic E-state index is 11.8. The van der Waals surface area contributed by atoms with Crippen molar-refractivity contribution in [2.45, 2.75) is 18.7 Å². The second-order valence-electron chi connectivity index (χ2n) is 4.71. The van der Waals surface area contributed by atoms with Gasteiger partial charge in [0.25, 0.3) is 9.05 Å².